The molecule has 34 heavy (non-hydrogen) atoms. The first-order valence-electron chi connectivity index (χ1n) is 11.1. The Morgan fingerprint density at radius 1 is 1.26 bits per heavy atom. The van der Waals surface area contributed by atoms with Gasteiger partial charge in [-0.15, -0.1) is 11.3 Å². The van der Waals surface area contributed by atoms with Gasteiger partial charge in [0.2, 0.25) is 0 Å². The molecule has 4 aromatic heterocycles. The largest absolute Gasteiger partial charge is 0.446 e. The summed E-state index contributed by atoms with van der Waals surface area (Å²) < 4.78 is 5.69. The van der Waals surface area contributed by atoms with E-state index < -0.39 is 0 Å². The molecule has 0 spiro atoms. The van der Waals surface area contributed by atoms with Crippen LogP contribution in [0.1, 0.15) is 22.6 Å². The van der Waals surface area contributed by atoms with E-state index in [2.05, 4.69) is 40.8 Å². The van der Waals surface area contributed by atoms with Crippen molar-refractivity contribution in [1.82, 2.24) is 35.5 Å². The zero-order valence-corrected chi connectivity index (χ0v) is 19.0. The number of H-pyrrole nitrogens is 2. The number of aromatic nitrogens is 6. The van der Waals surface area contributed by atoms with E-state index >= 15 is 0 Å². The number of ether oxygens (including phenoxy) is 1. The number of hydrogen-bond acceptors (Lipinski definition) is 8. The molecule has 1 aromatic carbocycles. The first kappa shape index (κ1) is 20.6. The van der Waals surface area contributed by atoms with E-state index in [4.69, 9.17) is 4.74 Å². The van der Waals surface area contributed by atoms with Crippen molar-refractivity contribution in [3.8, 4) is 0 Å². The van der Waals surface area contributed by atoms with Crippen LogP contribution in [0.4, 0.5) is 16.3 Å². The van der Waals surface area contributed by atoms with Crippen molar-refractivity contribution in [3.63, 3.8) is 0 Å². The summed E-state index contributed by atoms with van der Waals surface area (Å²) in [5, 5.41) is 15.4. The van der Waals surface area contributed by atoms with Crippen LogP contribution < -0.4 is 10.6 Å². The normalized spacial score (nSPS) is 15.4. The number of amides is 1. The molecule has 172 valence electrons. The number of anilines is 2. The highest BCUT2D eigenvalue weighted by molar-refractivity contribution is 7.19. The molecule has 1 aliphatic rings. The smallest absolute Gasteiger partial charge is 0.407 e. The number of fused-ring (bicyclic) bond motifs is 4. The van der Waals surface area contributed by atoms with Gasteiger partial charge in [-0.1, -0.05) is 0 Å². The summed E-state index contributed by atoms with van der Waals surface area (Å²) in [6.45, 7) is 0.486. The molecule has 0 radical (unpaired) electrons. The van der Waals surface area contributed by atoms with Crippen LogP contribution in [0.25, 0.3) is 21.1 Å². The molecule has 11 heteroatoms. The van der Waals surface area contributed by atoms with Gasteiger partial charge >= 0.3 is 6.09 Å². The zero-order valence-electron chi connectivity index (χ0n) is 18.2. The lowest BCUT2D eigenvalue weighted by atomic mass is 9.94. The fraction of sp³-hybridized carbons (Fsp3) is 0.261. The summed E-state index contributed by atoms with van der Waals surface area (Å²) in [5.41, 5.74) is 4.08. The van der Waals surface area contributed by atoms with Crippen LogP contribution in [-0.4, -0.2) is 48.9 Å². The van der Waals surface area contributed by atoms with E-state index in [0.29, 0.717) is 19.4 Å². The summed E-state index contributed by atoms with van der Waals surface area (Å²) in [4.78, 5) is 30.5. The second-order valence-electron chi connectivity index (χ2n) is 8.21. The third-order valence-electron chi connectivity index (χ3n) is 5.98. The molecule has 1 aliphatic carbocycles. The molecule has 6 rings (SSSR count). The standard InChI is InChI=1S/C23H22N8O2S/c32-23(25-6-5-15-10-24-11-26-15)33-16-2-3-17-19(8-16)34-22-20(17)21(27-12-28-22)30-14-1-4-18-13(7-14)9-29-31-18/h1,4,7,9-12,16H,2-3,5-6,8H2,(H,24,26)(H,25,32)(H,29,31)(H,27,28,30). The van der Waals surface area contributed by atoms with E-state index in [1.54, 1.807) is 30.2 Å². The van der Waals surface area contributed by atoms with Gasteiger partial charge < -0.3 is 20.4 Å². The number of rotatable bonds is 6. The van der Waals surface area contributed by atoms with Crippen LogP contribution in [0.2, 0.25) is 0 Å². The van der Waals surface area contributed by atoms with E-state index in [-0.39, 0.29) is 12.2 Å². The SMILES string of the molecule is O=C(NCCc1c[nH]cn1)OC1CCc2c(sc3ncnc(Nc4ccc5[nH]ncc5c4)c23)C1. The number of nitrogens with one attached hydrogen (secondary N) is 4. The topological polar surface area (TPSA) is 134 Å². The Hall–Kier alpha value is -3.99. The van der Waals surface area contributed by atoms with Crippen molar-refractivity contribution in [2.45, 2.75) is 31.8 Å². The number of alkyl carbamates (subject to hydrolysis) is 1. The zero-order chi connectivity index (χ0) is 22.9. The molecule has 0 aliphatic heterocycles. The summed E-state index contributed by atoms with van der Waals surface area (Å²) in [5.74, 6) is 0.792. The molecular formula is C23H22N8O2S. The molecule has 1 unspecified atom stereocenters. The van der Waals surface area contributed by atoms with Gasteiger partial charge in [0.1, 0.15) is 23.1 Å². The molecule has 4 N–H and O–H groups in total. The third kappa shape index (κ3) is 4.05. The predicted octanol–water partition coefficient (Wildman–Crippen LogP) is 3.86. The molecule has 0 saturated heterocycles. The van der Waals surface area contributed by atoms with Crippen molar-refractivity contribution in [2.75, 3.05) is 11.9 Å². The number of aromatic amines is 2. The second-order valence-corrected chi connectivity index (χ2v) is 9.29. The first-order chi connectivity index (χ1) is 16.7. The molecule has 5 aromatic rings. The maximum atomic E-state index is 12.3. The highest BCUT2D eigenvalue weighted by atomic mass is 32.1. The quantitative estimate of drug-likeness (QED) is 0.294. The highest BCUT2D eigenvalue weighted by Gasteiger charge is 2.27. The number of thiophene rings is 1. The van der Waals surface area contributed by atoms with Crippen molar-refractivity contribution < 1.29 is 9.53 Å². The van der Waals surface area contributed by atoms with Crippen LogP contribution in [0.3, 0.4) is 0 Å². The van der Waals surface area contributed by atoms with Crippen molar-refractivity contribution in [1.29, 1.82) is 0 Å². The van der Waals surface area contributed by atoms with Gasteiger partial charge in [0.05, 0.1) is 29.1 Å². The minimum Gasteiger partial charge on any atom is -0.446 e. The number of nitrogens with zero attached hydrogens (tertiary/aromatic N) is 4. The van der Waals surface area contributed by atoms with Crippen molar-refractivity contribution >= 4 is 50.1 Å². The highest BCUT2D eigenvalue weighted by Crippen LogP contribution is 2.39. The van der Waals surface area contributed by atoms with E-state index in [9.17, 15) is 4.79 Å². The van der Waals surface area contributed by atoms with Gasteiger partial charge in [-0.3, -0.25) is 5.10 Å². The molecule has 0 saturated carbocycles. The van der Waals surface area contributed by atoms with Gasteiger partial charge in [0.15, 0.2) is 0 Å². The van der Waals surface area contributed by atoms with Crippen LogP contribution in [0, 0.1) is 0 Å². The average Bonchev–Trinajstić information content (AvgIpc) is 3.58. The summed E-state index contributed by atoms with van der Waals surface area (Å²) in [7, 11) is 0. The Balaban J connectivity index is 1.15. The lowest BCUT2D eigenvalue weighted by Gasteiger charge is -2.22. The van der Waals surface area contributed by atoms with Gasteiger partial charge in [-0.2, -0.15) is 5.10 Å². The average molecular weight is 475 g/mol. The van der Waals surface area contributed by atoms with Crippen LogP contribution in [-0.2, 0) is 24.0 Å². The Labute approximate surface area is 198 Å². The number of hydrogen-bond donors (Lipinski definition) is 4. The minimum absolute atomic E-state index is 0.154. The number of carbonyl (C=O) groups excluding carboxylic acids is 1. The Morgan fingerprint density at radius 3 is 3.15 bits per heavy atom. The molecule has 4 heterocycles. The van der Waals surface area contributed by atoms with Crippen LogP contribution in [0.15, 0.2) is 43.2 Å². The Morgan fingerprint density at radius 2 is 2.24 bits per heavy atom. The number of aryl methyl sites for hydroxylation is 1. The first-order valence-corrected chi connectivity index (χ1v) is 11.9. The Bertz CT molecular complexity index is 1460. The maximum Gasteiger partial charge on any atom is 0.407 e. The monoisotopic (exact) mass is 474 g/mol. The summed E-state index contributed by atoms with van der Waals surface area (Å²) >= 11 is 1.65. The molecule has 10 nitrogen and oxygen atoms in total. The summed E-state index contributed by atoms with van der Waals surface area (Å²) in [6.07, 6.45) is 9.21. The summed E-state index contributed by atoms with van der Waals surface area (Å²) in [6, 6.07) is 6.04. The van der Waals surface area contributed by atoms with Crippen LogP contribution in [0.5, 0.6) is 0 Å². The molecule has 0 bridgehead atoms. The molecule has 0 fully saturated rings. The fourth-order valence-corrected chi connectivity index (χ4v) is 5.60. The fourth-order valence-electron chi connectivity index (χ4n) is 4.35. The third-order valence-corrected chi connectivity index (χ3v) is 7.14. The van der Waals surface area contributed by atoms with Gasteiger partial charge in [0, 0.05) is 41.5 Å². The van der Waals surface area contributed by atoms with Crippen LogP contribution >= 0.6 is 11.3 Å². The van der Waals surface area contributed by atoms with E-state index in [1.807, 2.05) is 24.4 Å². The predicted molar refractivity (Wildman–Crippen MR) is 129 cm³/mol. The van der Waals surface area contributed by atoms with Gasteiger partial charge in [0.25, 0.3) is 0 Å². The van der Waals surface area contributed by atoms with E-state index in [0.717, 1.165) is 51.2 Å². The number of carbonyl (C=O) groups is 1. The van der Waals surface area contributed by atoms with Gasteiger partial charge in [-0.25, -0.2) is 19.7 Å². The van der Waals surface area contributed by atoms with Crippen molar-refractivity contribution in [2.24, 2.45) is 0 Å². The number of imidazole rings is 1. The Kier molecular flexibility index (Phi) is 5.30. The van der Waals surface area contributed by atoms with Crippen molar-refractivity contribution in [3.05, 3.63) is 59.4 Å². The molecule has 1 amide bonds. The second kappa shape index (κ2) is 8.75. The van der Waals surface area contributed by atoms with E-state index in [1.165, 1.54) is 10.4 Å². The lowest BCUT2D eigenvalue weighted by molar-refractivity contribution is 0.0904. The maximum absolute atomic E-state index is 12.3. The van der Waals surface area contributed by atoms with Gasteiger partial charge in [-0.05, 0) is 36.6 Å². The lowest BCUT2D eigenvalue weighted by Crippen LogP contribution is -2.32. The minimum atomic E-state index is -0.387. The molecule has 1 atom stereocenters. The number of benzene rings is 1. The molecular weight excluding hydrogens is 452 g/mol.